The summed E-state index contributed by atoms with van der Waals surface area (Å²) < 4.78 is 26.0. The van der Waals surface area contributed by atoms with Crippen molar-refractivity contribution in [2.24, 2.45) is 0 Å². The molecule has 6 heteroatoms. The van der Waals surface area contributed by atoms with E-state index in [-0.39, 0.29) is 11.0 Å². The molecule has 41 heavy (non-hydrogen) atoms. The number of ether oxygens (including phenoxy) is 3. The molecule has 1 heterocycles. The van der Waals surface area contributed by atoms with Crippen molar-refractivity contribution in [1.82, 2.24) is 0 Å². The van der Waals surface area contributed by atoms with Crippen LogP contribution in [0.25, 0.3) is 0 Å². The third-order valence-electron chi connectivity index (χ3n) is 7.82. The zero-order valence-corrected chi connectivity index (χ0v) is 26.8. The SMILES string of the molecule is CCCCCCC(OC(C)=O)c1c(O[Si](c2ccccc2)(c2ccccc2)C(C)(C)C)ccc2c1COC(C)(C)O2. The molecule has 0 bridgehead atoms. The van der Waals surface area contributed by atoms with Gasteiger partial charge in [0.1, 0.15) is 17.6 Å². The maximum absolute atomic E-state index is 12.5. The van der Waals surface area contributed by atoms with Crippen LogP contribution in [-0.2, 0) is 20.9 Å². The lowest BCUT2D eigenvalue weighted by atomic mass is 9.95. The van der Waals surface area contributed by atoms with E-state index in [1.165, 1.54) is 17.3 Å². The molecule has 0 saturated heterocycles. The lowest BCUT2D eigenvalue weighted by Gasteiger charge is -2.44. The van der Waals surface area contributed by atoms with Gasteiger partial charge in [-0.2, -0.15) is 0 Å². The van der Waals surface area contributed by atoms with Crippen LogP contribution in [0.15, 0.2) is 72.8 Å². The first-order valence-electron chi connectivity index (χ1n) is 14.9. The molecule has 0 N–H and O–H groups in total. The van der Waals surface area contributed by atoms with Crippen molar-refractivity contribution in [1.29, 1.82) is 0 Å². The fourth-order valence-corrected chi connectivity index (χ4v) is 10.3. The fraction of sp³-hybridized carbons (Fsp3) is 0.457. The molecule has 3 aromatic rings. The summed E-state index contributed by atoms with van der Waals surface area (Å²) in [7, 11) is -2.95. The average Bonchev–Trinajstić information content (AvgIpc) is 2.93. The highest BCUT2D eigenvalue weighted by Crippen LogP contribution is 2.46. The molecule has 0 aromatic heterocycles. The van der Waals surface area contributed by atoms with Gasteiger partial charge in [-0.1, -0.05) is 108 Å². The maximum atomic E-state index is 12.5. The Morgan fingerprint density at radius 3 is 2.07 bits per heavy atom. The maximum Gasteiger partial charge on any atom is 0.319 e. The highest BCUT2D eigenvalue weighted by molar-refractivity contribution is 7.00. The highest BCUT2D eigenvalue weighted by Gasteiger charge is 2.52. The molecule has 0 fully saturated rings. The van der Waals surface area contributed by atoms with Gasteiger partial charge in [0.15, 0.2) is 0 Å². The van der Waals surface area contributed by atoms with E-state index in [1.54, 1.807) is 0 Å². The number of benzene rings is 3. The van der Waals surface area contributed by atoms with Crippen LogP contribution in [0.1, 0.15) is 97.8 Å². The lowest BCUT2D eigenvalue weighted by molar-refractivity contribution is -0.181. The van der Waals surface area contributed by atoms with E-state index >= 15 is 0 Å². The Hall–Kier alpha value is -3.09. The molecule has 0 spiro atoms. The van der Waals surface area contributed by atoms with Gasteiger partial charge in [0.25, 0.3) is 0 Å². The molecule has 1 aliphatic heterocycles. The molecule has 220 valence electrons. The molecule has 0 saturated carbocycles. The summed E-state index contributed by atoms with van der Waals surface area (Å²) in [6, 6.07) is 25.2. The number of hydrogen-bond donors (Lipinski definition) is 0. The minimum atomic E-state index is -2.95. The largest absolute Gasteiger partial charge is 0.534 e. The van der Waals surface area contributed by atoms with Gasteiger partial charge in [-0.3, -0.25) is 4.79 Å². The van der Waals surface area contributed by atoms with Crippen molar-refractivity contribution in [2.75, 3.05) is 0 Å². The zero-order chi connectivity index (χ0) is 29.7. The molecular weight excluding hydrogens is 528 g/mol. The van der Waals surface area contributed by atoms with Crippen LogP contribution in [0.4, 0.5) is 0 Å². The monoisotopic (exact) mass is 574 g/mol. The first-order valence-corrected chi connectivity index (χ1v) is 16.9. The summed E-state index contributed by atoms with van der Waals surface area (Å²) in [5.74, 6) is 0.420. The van der Waals surface area contributed by atoms with E-state index in [0.717, 1.165) is 48.3 Å². The number of carbonyl (C=O) groups is 1. The third-order valence-corrected chi connectivity index (χ3v) is 12.8. The molecule has 0 radical (unpaired) electrons. The van der Waals surface area contributed by atoms with E-state index in [0.29, 0.717) is 13.0 Å². The number of esters is 1. The van der Waals surface area contributed by atoms with Crippen LogP contribution in [-0.4, -0.2) is 20.1 Å². The van der Waals surface area contributed by atoms with E-state index in [9.17, 15) is 4.79 Å². The number of rotatable bonds is 11. The van der Waals surface area contributed by atoms with Crippen LogP contribution < -0.4 is 19.5 Å². The molecule has 3 aromatic carbocycles. The second-order valence-electron chi connectivity index (χ2n) is 12.5. The second kappa shape index (κ2) is 12.8. The van der Waals surface area contributed by atoms with Crippen molar-refractivity contribution in [2.45, 2.75) is 104 Å². The Kier molecular flexibility index (Phi) is 9.65. The van der Waals surface area contributed by atoms with Gasteiger partial charge in [-0.05, 0) is 40.4 Å². The summed E-state index contributed by atoms with van der Waals surface area (Å²) in [6.45, 7) is 14.6. The summed E-state index contributed by atoms with van der Waals surface area (Å²) in [5, 5.41) is 2.14. The molecular formula is C35H46O5Si. The van der Waals surface area contributed by atoms with E-state index in [2.05, 4.69) is 76.2 Å². The quantitative estimate of drug-likeness (QED) is 0.133. The normalized spacial score (nSPS) is 15.4. The van der Waals surface area contributed by atoms with Crippen LogP contribution >= 0.6 is 0 Å². The molecule has 1 atom stereocenters. The Morgan fingerprint density at radius 1 is 0.927 bits per heavy atom. The zero-order valence-electron chi connectivity index (χ0n) is 25.8. The molecule has 1 aliphatic rings. The topological polar surface area (TPSA) is 54.0 Å². The van der Waals surface area contributed by atoms with Crippen LogP contribution in [0.3, 0.4) is 0 Å². The van der Waals surface area contributed by atoms with E-state index < -0.39 is 20.2 Å². The van der Waals surface area contributed by atoms with Gasteiger partial charge in [0.2, 0.25) is 5.79 Å². The standard InChI is InChI=1S/C35H46O5Si/c1-8-9-10-17-22-31(38-26(2)36)33-29-25-37-35(6,7)39-30(29)23-24-32(33)40-41(34(3,4)5,27-18-13-11-14-19-27)28-20-15-12-16-21-28/h11-16,18-21,23-24,31H,8-10,17,22,25H2,1-7H3. The first kappa shape index (κ1) is 30.9. The molecule has 0 amide bonds. The highest BCUT2D eigenvalue weighted by atomic mass is 28.4. The van der Waals surface area contributed by atoms with Crippen molar-refractivity contribution in [3.63, 3.8) is 0 Å². The Bertz CT molecular complexity index is 1260. The van der Waals surface area contributed by atoms with Gasteiger partial charge in [-0.25, -0.2) is 0 Å². The minimum absolute atomic E-state index is 0.226. The third kappa shape index (κ3) is 6.87. The summed E-state index contributed by atoms with van der Waals surface area (Å²) in [4.78, 5) is 12.5. The first-order chi connectivity index (χ1) is 19.5. The predicted octanol–water partition coefficient (Wildman–Crippen LogP) is 7.85. The number of carbonyl (C=O) groups excluding carboxylic acids is 1. The van der Waals surface area contributed by atoms with Gasteiger partial charge >= 0.3 is 14.3 Å². The van der Waals surface area contributed by atoms with Crippen molar-refractivity contribution in [3.05, 3.63) is 83.9 Å². The molecule has 1 unspecified atom stereocenters. The lowest BCUT2D eigenvalue weighted by Crippen LogP contribution is -2.69. The molecule has 5 nitrogen and oxygen atoms in total. The Labute approximate surface area is 247 Å². The average molecular weight is 575 g/mol. The molecule has 0 aliphatic carbocycles. The fourth-order valence-electron chi connectivity index (χ4n) is 5.88. The van der Waals surface area contributed by atoms with Crippen molar-refractivity contribution in [3.8, 4) is 11.5 Å². The van der Waals surface area contributed by atoms with Crippen LogP contribution in [0, 0.1) is 0 Å². The van der Waals surface area contributed by atoms with Crippen LogP contribution in [0.2, 0.25) is 5.04 Å². The van der Waals surface area contributed by atoms with Gasteiger partial charge in [-0.15, -0.1) is 0 Å². The number of unbranched alkanes of at least 4 members (excludes halogenated alkanes) is 3. The van der Waals surface area contributed by atoms with Gasteiger partial charge in [0.05, 0.1) is 6.61 Å². The van der Waals surface area contributed by atoms with Crippen molar-refractivity contribution < 1.29 is 23.4 Å². The van der Waals surface area contributed by atoms with Crippen LogP contribution in [0.5, 0.6) is 11.5 Å². The Balaban J connectivity index is 1.95. The minimum Gasteiger partial charge on any atom is -0.534 e. The van der Waals surface area contributed by atoms with E-state index in [1.807, 2.05) is 38.1 Å². The molecule has 4 rings (SSSR count). The van der Waals surface area contributed by atoms with Gasteiger partial charge in [0, 0.05) is 31.9 Å². The van der Waals surface area contributed by atoms with Crippen molar-refractivity contribution >= 4 is 24.7 Å². The summed E-state index contributed by atoms with van der Waals surface area (Å²) >= 11 is 0. The number of fused-ring (bicyclic) bond motifs is 1. The second-order valence-corrected chi connectivity index (χ2v) is 16.7. The summed E-state index contributed by atoms with van der Waals surface area (Å²) in [5.41, 5.74) is 1.75. The Morgan fingerprint density at radius 2 is 1.54 bits per heavy atom. The predicted molar refractivity (Wildman–Crippen MR) is 167 cm³/mol. The van der Waals surface area contributed by atoms with E-state index in [4.69, 9.17) is 18.6 Å². The number of hydrogen-bond acceptors (Lipinski definition) is 5. The summed E-state index contributed by atoms with van der Waals surface area (Å²) in [6.07, 6.45) is 4.54. The smallest absolute Gasteiger partial charge is 0.319 e. The van der Waals surface area contributed by atoms with Gasteiger partial charge < -0.3 is 18.6 Å².